The van der Waals surface area contributed by atoms with E-state index in [0.29, 0.717) is 5.37 Å². The molecule has 0 aromatic rings. The van der Waals surface area contributed by atoms with Gasteiger partial charge in [-0.15, -0.1) is 11.8 Å². The Morgan fingerprint density at radius 1 is 1.31 bits per heavy atom. The number of nitrogens with two attached hydrogens (primary N) is 1. The van der Waals surface area contributed by atoms with Gasteiger partial charge in [0.05, 0.1) is 11.4 Å². The van der Waals surface area contributed by atoms with Crippen molar-refractivity contribution in [3.8, 4) is 0 Å². The lowest BCUT2D eigenvalue weighted by Crippen LogP contribution is -2.40. The van der Waals surface area contributed by atoms with Gasteiger partial charge in [-0.05, 0) is 12.3 Å². The molecule has 1 aliphatic rings. The zero-order valence-electron chi connectivity index (χ0n) is 16.3. The normalized spacial score (nSPS) is 20.3. The van der Waals surface area contributed by atoms with E-state index in [1.165, 1.54) is 0 Å². The zero-order chi connectivity index (χ0) is 20.4. The van der Waals surface area contributed by atoms with E-state index in [1.807, 2.05) is 32.5 Å². The van der Waals surface area contributed by atoms with E-state index in [4.69, 9.17) is 10.8 Å². The molecule has 3 unspecified atom stereocenters. The number of carbonyl (C=O) groups excluding carboxylic acids is 2. The topological polar surface area (TPSA) is 109 Å². The lowest BCUT2D eigenvalue weighted by Gasteiger charge is -2.26. The van der Waals surface area contributed by atoms with E-state index >= 15 is 0 Å². The third-order valence-corrected chi connectivity index (χ3v) is 5.02. The lowest BCUT2D eigenvalue weighted by atomic mass is 9.96. The number of nitrogens with one attached hydrogen (secondary N) is 1. The summed E-state index contributed by atoms with van der Waals surface area (Å²) in [6, 6.07) is -0.734. The number of rotatable bonds is 3. The van der Waals surface area contributed by atoms with Crippen LogP contribution in [0.5, 0.6) is 0 Å². The van der Waals surface area contributed by atoms with E-state index in [0.717, 1.165) is 12.0 Å². The smallest absolute Gasteiger partial charge is 0.321 e. The molecule has 0 aliphatic carbocycles. The summed E-state index contributed by atoms with van der Waals surface area (Å²) in [5.41, 5.74) is 5.05. The number of ketones is 1. The predicted octanol–water partition coefficient (Wildman–Crippen LogP) is 2.85. The largest absolute Gasteiger partial charge is 0.480 e. The number of aliphatic carboxylic acids is 1. The molecule has 1 saturated heterocycles. The molecule has 8 heteroatoms. The average molecular weight is 411 g/mol. The monoisotopic (exact) mass is 410 g/mol. The summed E-state index contributed by atoms with van der Waals surface area (Å²) in [4.78, 5) is 30.6. The standard InChI is InChI=1S/C9H17NOS.C5H10O.C3H7NO2S.CH4/c1-6(11)7-5-12-8(10-7)9(2,3)4;1-5(2,3)4-6;4-2(1-7)3(5)6;/h7-8,10H,5H2,1-4H3;4H,1-3H3;2,7H,1,4H2,(H,5,6);1H4. The molecular formula is C18H38N2O4S2. The van der Waals surface area contributed by atoms with E-state index < -0.39 is 12.0 Å². The molecule has 0 amide bonds. The first-order valence-electron chi connectivity index (χ1n) is 8.09. The van der Waals surface area contributed by atoms with E-state index in [1.54, 1.807) is 6.92 Å². The number of carboxylic acid groups (broad SMARTS) is 1. The average Bonchev–Trinajstić information content (AvgIpc) is 2.97. The highest BCUT2D eigenvalue weighted by atomic mass is 32.2. The molecule has 3 atom stereocenters. The summed E-state index contributed by atoms with van der Waals surface area (Å²) >= 11 is 5.50. The zero-order valence-corrected chi connectivity index (χ0v) is 18.0. The summed E-state index contributed by atoms with van der Waals surface area (Å²) in [6.07, 6.45) is 0.938. The van der Waals surface area contributed by atoms with Crippen LogP contribution in [0.1, 0.15) is 55.9 Å². The van der Waals surface area contributed by atoms with Crippen molar-refractivity contribution in [1.82, 2.24) is 5.32 Å². The van der Waals surface area contributed by atoms with Crippen molar-refractivity contribution in [2.24, 2.45) is 16.6 Å². The molecule has 1 fully saturated rings. The van der Waals surface area contributed by atoms with Crippen LogP contribution in [0, 0.1) is 10.8 Å². The molecule has 1 heterocycles. The van der Waals surface area contributed by atoms with Gasteiger partial charge >= 0.3 is 5.97 Å². The van der Waals surface area contributed by atoms with Crippen LogP contribution in [0.2, 0.25) is 0 Å². The van der Waals surface area contributed by atoms with Crippen LogP contribution in [-0.4, -0.2) is 52.1 Å². The van der Waals surface area contributed by atoms with Crippen LogP contribution in [0.4, 0.5) is 0 Å². The molecule has 0 bridgehead atoms. The van der Waals surface area contributed by atoms with Crippen LogP contribution in [-0.2, 0) is 14.4 Å². The molecule has 4 N–H and O–H groups in total. The fourth-order valence-electron chi connectivity index (χ4n) is 1.28. The second kappa shape index (κ2) is 13.6. The quantitative estimate of drug-likeness (QED) is 0.418. The number of hydrogen-bond acceptors (Lipinski definition) is 7. The van der Waals surface area contributed by atoms with Gasteiger partial charge in [-0.2, -0.15) is 12.6 Å². The van der Waals surface area contributed by atoms with Gasteiger partial charge in [0, 0.05) is 16.9 Å². The van der Waals surface area contributed by atoms with Crippen LogP contribution in [0.3, 0.4) is 0 Å². The number of aldehydes is 1. The maximum atomic E-state index is 11.0. The minimum Gasteiger partial charge on any atom is -0.480 e. The van der Waals surface area contributed by atoms with Gasteiger partial charge < -0.3 is 15.6 Å². The van der Waals surface area contributed by atoms with E-state index in [9.17, 15) is 14.4 Å². The summed E-state index contributed by atoms with van der Waals surface area (Å²) in [5.74, 6) is 0.372. The third-order valence-electron chi connectivity index (χ3n) is 2.93. The molecule has 0 spiro atoms. The maximum Gasteiger partial charge on any atom is 0.321 e. The second-order valence-electron chi connectivity index (χ2n) is 8.02. The van der Waals surface area contributed by atoms with Gasteiger partial charge in [0.2, 0.25) is 0 Å². The Bertz CT molecular complexity index is 432. The van der Waals surface area contributed by atoms with Crippen molar-refractivity contribution in [1.29, 1.82) is 0 Å². The number of thioether (sulfide) groups is 1. The van der Waals surface area contributed by atoms with Crippen molar-refractivity contribution in [2.75, 3.05) is 11.5 Å². The Hall–Kier alpha value is -0.570. The third kappa shape index (κ3) is 15.7. The number of hydrogen-bond donors (Lipinski definition) is 4. The fraction of sp³-hybridized carbons (Fsp3) is 0.833. The van der Waals surface area contributed by atoms with Gasteiger partial charge in [0.25, 0.3) is 0 Å². The van der Waals surface area contributed by atoms with Gasteiger partial charge in [0.15, 0.2) is 0 Å². The number of Topliss-reactive ketones (excluding diaryl/α,β-unsaturated/α-hetero) is 1. The van der Waals surface area contributed by atoms with Crippen LogP contribution in [0.15, 0.2) is 0 Å². The van der Waals surface area contributed by atoms with Gasteiger partial charge in [-0.3, -0.25) is 14.9 Å². The van der Waals surface area contributed by atoms with E-state index in [-0.39, 0.29) is 35.8 Å². The molecule has 156 valence electrons. The Morgan fingerprint density at radius 3 is 1.85 bits per heavy atom. The summed E-state index contributed by atoms with van der Waals surface area (Å²) in [5, 5.41) is 11.8. The van der Waals surface area contributed by atoms with Crippen LogP contribution < -0.4 is 11.1 Å². The molecule has 0 radical (unpaired) electrons. The van der Waals surface area contributed by atoms with Crippen molar-refractivity contribution >= 4 is 42.4 Å². The summed E-state index contributed by atoms with van der Waals surface area (Å²) < 4.78 is 0. The molecule has 0 aromatic carbocycles. The molecule has 26 heavy (non-hydrogen) atoms. The lowest BCUT2D eigenvalue weighted by molar-refractivity contribution is -0.137. The number of carboxylic acids is 1. The molecule has 1 aliphatic heterocycles. The molecular weight excluding hydrogens is 372 g/mol. The van der Waals surface area contributed by atoms with Crippen molar-refractivity contribution in [3.05, 3.63) is 0 Å². The Morgan fingerprint density at radius 2 is 1.73 bits per heavy atom. The number of thiol groups is 1. The minimum absolute atomic E-state index is 0. The first-order valence-corrected chi connectivity index (χ1v) is 9.77. The molecule has 0 saturated carbocycles. The second-order valence-corrected chi connectivity index (χ2v) is 9.52. The molecule has 6 nitrogen and oxygen atoms in total. The highest BCUT2D eigenvalue weighted by Crippen LogP contribution is 2.33. The van der Waals surface area contributed by atoms with Crippen LogP contribution >= 0.6 is 24.4 Å². The number of carbonyl (C=O) groups is 3. The summed E-state index contributed by atoms with van der Waals surface area (Å²) in [7, 11) is 0. The van der Waals surface area contributed by atoms with E-state index in [2.05, 4.69) is 38.7 Å². The fourth-order valence-corrected chi connectivity index (χ4v) is 2.92. The van der Waals surface area contributed by atoms with Crippen LogP contribution in [0.25, 0.3) is 0 Å². The molecule has 1 rings (SSSR count). The summed E-state index contributed by atoms with van der Waals surface area (Å²) in [6.45, 7) is 13.9. The highest BCUT2D eigenvalue weighted by molar-refractivity contribution is 8.00. The molecule has 0 aromatic heterocycles. The minimum atomic E-state index is -1.00. The Balaban J connectivity index is -0.000000327. The Kier molecular flexibility index (Phi) is 15.8. The van der Waals surface area contributed by atoms with Gasteiger partial charge in [-0.25, -0.2) is 0 Å². The highest BCUT2D eigenvalue weighted by Gasteiger charge is 2.34. The maximum absolute atomic E-state index is 11.0. The van der Waals surface area contributed by atoms with Gasteiger partial charge in [0.1, 0.15) is 18.1 Å². The Labute approximate surface area is 168 Å². The van der Waals surface area contributed by atoms with Crippen molar-refractivity contribution in [3.63, 3.8) is 0 Å². The first-order chi connectivity index (χ1) is 11.2. The SMILES string of the molecule is C.CC(=O)C1CSC(C(C)(C)C)N1.CC(C)(C)C=O.NC(CS)C(=O)O. The van der Waals surface area contributed by atoms with Crippen molar-refractivity contribution in [2.45, 2.75) is 73.4 Å². The van der Waals surface area contributed by atoms with Gasteiger partial charge in [-0.1, -0.05) is 49.0 Å². The predicted molar refractivity (Wildman–Crippen MR) is 115 cm³/mol. The first kappa shape index (κ1) is 30.2. The van der Waals surface area contributed by atoms with Crippen molar-refractivity contribution < 1.29 is 19.5 Å².